The van der Waals surface area contributed by atoms with E-state index in [1.54, 1.807) is 13.8 Å². The van der Waals surface area contributed by atoms with Gasteiger partial charge < -0.3 is 19.2 Å². The molecule has 1 aromatic rings. The molecule has 0 unspecified atom stereocenters. The van der Waals surface area contributed by atoms with Crippen LogP contribution in [0.5, 0.6) is 0 Å². The number of H-pyrrole nitrogens is 1. The van der Waals surface area contributed by atoms with Crippen LogP contribution in [-0.2, 0) is 19.0 Å². The molecule has 0 saturated heterocycles. The van der Waals surface area contributed by atoms with Crippen LogP contribution in [0.1, 0.15) is 46.0 Å². The quantitative estimate of drug-likeness (QED) is 0.657. The number of nitrogens with one attached hydrogen (secondary N) is 1. The summed E-state index contributed by atoms with van der Waals surface area (Å²) in [6.45, 7) is 6.92. The van der Waals surface area contributed by atoms with Gasteiger partial charge in [0.25, 0.3) is 0 Å². The van der Waals surface area contributed by atoms with Crippen LogP contribution in [0.15, 0.2) is 12.0 Å². The molecule has 0 fully saturated rings. The molecular formula is C16H19NO6. The van der Waals surface area contributed by atoms with Gasteiger partial charge >= 0.3 is 5.97 Å². The lowest BCUT2D eigenvalue weighted by Crippen LogP contribution is -2.27. The van der Waals surface area contributed by atoms with Gasteiger partial charge in [-0.1, -0.05) is 0 Å². The summed E-state index contributed by atoms with van der Waals surface area (Å²) in [4.78, 5) is 38.9. The molecule has 1 N–H and O–H groups in total. The number of ketones is 2. The standard InChI is InChI=1S/C16H19NO6/c1-8-13(10(3)18)9(2)17-14(8)15(19)11(4)23-16(20)12-7-21-5-6-22-12/h7,11,17H,5-6H2,1-4H3/t11-/m0/s1. The highest BCUT2D eigenvalue weighted by atomic mass is 16.6. The van der Waals surface area contributed by atoms with Gasteiger partial charge in [0.05, 0.1) is 5.69 Å². The number of esters is 1. The first-order valence-corrected chi connectivity index (χ1v) is 7.22. The number of ether oxygens (including phenoxy) is 3. The zero-order valence-electron chi connectivity index (χ0n) is 13.5. The van der Waals surface area contributed by atoms with Crippen molar-refractivity contribution in [1.29, 1.82) is 0 Å². The van der Waals surface area contributed by atoms with Gasteiger partial charge in [-0.2, -0.15) is 0 Å². The average molecular weight is 321 g/mol. The van der Waals surface area contributed by atoms with Gasteiger partial charge in [0, 0.05) is 11.3 Å². The third-order valence-electron chi connectivity index (χ3n) is 3.54. The largest absolute Gasteiger partial charge is 0.493 e. The van der Waals surface area contributed by atoms with Crippen LogP contribution >= 0.6 is 0 Å². The van der Waals surface area contributed by atoms with E-state index in [0.717, 1.165) is 0 Å². The van der Waals surface area contributed by atoms with E-state index in [4.69, 9.17) is 14.2 Å². The monoisotopic (exact) mass is 321 g/mol. The molecule has 0 aromatic carbocycles. The number of Topliss-reactive ketones (excluding diaryl/α,β-unsaturated/α-hetero) is 2. The molecule has 2 rings (SSSR count). The van der Waals surface area contributed by atoms with Crippen LogP contribution in [0.2, 0.25) is 0 Å². The minimum Gasteiger partial charge on any atom is -0.493 e. The molecule has 0 radical (unpaired) electrons. The van der Waals surface area contributed by atoms with E-state index in [1.807, 2.05) is 0 Å². The van der Waals surface area contributed by atoms with Crippen LogP contribution in [0.4, 0.5) is 0 Å². The summed E-state index contributed by atoms with van der Waals surface area (Å²) in [7, 11) is 0. The van der Waals surface area contributed by atoms with Crippen molar-refractivity contribution in [3.05, 3.63) is 34.5 Å². The molecule has 7 heteroatoms. The summed E-state index contributed by atoms with van der Waals surface area (Å²) in [6.07, 6.45) is 0.145. The number of aryl methyl sites for hydroxylation is 1. The zero-order valence-corrected chi connectivity index (χ0v) is 13.5. The Labute approximate surface area is 133 Å². The molecule has 7 nitrogen and oxygen atoms in total. The molecule has 0 bridgehead atoms. The van der Waals surface area contributed by atoms with Gasteiger partial charge in [0.2, 0.25) is 11.5 Å². The molecule has 0 aliphatic carbocycles. The maximum Gasteiger partial charge on any atom is 0.377 e. The maximum absolute atomic E-state index is 12.5. The highest BCUT2D eigenvalue weighted by Crippen LogP contribution is 2.21. The minimum atomic E-state index is -1.02. The second-order valence-corrected chi connectivity index (χ2v) is 5.29. The van der Waals surface area contributed by atoms with E-state index in [2.05, 4.69) is 4.98 Å². The third kappa shape index (κ3) is 3.44. The van der Waals surface area contributed by atoms with Crippen molar-refractivity contribution < 1.29 is 28.6 Å². The third-order valence-corrected chi connectivity index (χ3v) is 3.54. The normalized spacial score (nSPS) is 15.0. The van der Waals surface area contributed by atoms with E-state index < -0.39 is 17.9 Å². The number of carbonyl (C=O) groups is 3. The number of aromatic nitrogens is 1. The lowest BCUT2D eigenvalue weighted by atomic mass is 10.0. The van der Waals surface area contributed by atoms with Gasteiger partial charge in [-0.25, -0.2) is 4.79 Å². The molecule has 1 aromatic heterocycles. The number of carbonyl (C=O) groups excluding carboxylic acids is 3. The van der Waals surface area contributed by atoms with Gasteiger partial charge in [-0.3, -0.25) is 9.59 Å². The second-order valence-electron chi connectivity index (χ2n) is 5.29. The van der Waals surface area contributed by atoms with Gasteiger partial charge in [0.1, 0.15) is 19.5 Å². The summed E-state index contributed by atoms with van der Waals surface area (Å²) in [6, 6.07) is 0. The average Bonchev–Trinajstić information content (AvgIpc) is 2.82. The van der Waals surface area contributed by atoms with Crippen molar-refractivity contribution >= 4 is 17.5 Å². The van der Waals surface area contributed by atoms with Crippen LogP contribution < -0.4 is 0 Å². The lowest BCUT2D eigenvalue weighted by Gasteiger charge is -2.17. The number of hydrogen-bond acceptors (Lipinski definition) is 6. The molecule has 1 aliphatic rings. The fourth-order valence-corrected chi connectivity index (χ4v) is 2.48. The predicted octanol–water partition coefficient (Wildman–Crippen LogP) is 1.84. The van der Waals surface area contributed by atoms with E-state index in [1.165, 1.54) is 20.1 Å². The first-order valence-electron chi connectivity index (χ1n) is 7.22. The first-order chi connectivity index (χ1) is 10.8. The Morgan fingerprint density at radius 2 is 1.96 bits per heavy atom. The van der Waals surface area contributed by atoms with Crippen molar-refractivity contribution in [3.63, 3.8) is 0 Å². The smallest absolute Gasteiger partial charge is 0.377 e. The Morgan fingerprint density at radius 3 is 2.48 bits per heavy atom. The van der Waals surface area contributed by atoms with Crippen molar-refractivity contribution in [2.24, 2.45) is 0 Å². The molecule has 23 heavy (non-hydrogen) atoms. The maximum atomic E-state index is 12.5. The minimum absolute atomic E-state index is 0.0697. The fourth-order valence-electron chi connectivity index (χ4n) is 2.48. The topological polar surface area (TPSA) is 94.7 Å². The van der Waals surface area contributed by atoms with Crippen molar-refractivity contribution in [2.45, 2.75) is 33.8 Å². The summed E-state index contributed by atoms with van der Waals surface area (Å²) >= 11 is 0. The SMILES string of the molecule is CC(=O)c1c(C)[nH]c(C(=O)[C@H](C)OC(=O)C2=COCCO2)c1C. The molecule has 2 heterocycles. The van der Waals surface area contributed by atoms with Crippen molar-refractivity contribution in [3.8, 4) is 0 Å². The van der Waals surface area contributed by atoms with Crippen LogP contribution in [0.25, 0.3) is 0 Å². The van der Waals surface area contributed by atoms with Crippen LogP contribution in [0.3, 0.4) is 0 Å². The van der Waals surface area contributed by atoms with Crippen LogP contribution in [0, 0.1) is 13.8 Å². The Balaban J connectivity index is 2.14. The molecular weight excluding hydrogens is 302 g/mol. The number of rotatable bonds is 5. The fraction of sp³-hybridized carbons (Fsp3) is 0.438. The predicted molar refractivity (Wildman–Crippen MR) is 80.1 cm³/mol. The van der Waals surface area contributed by atoms with Crippen molar-refractivity contribution in [2.75, 3.05) is 13.2 Å². The molecule has 0 saturated carbocycles. The lowest BCUT2D eigenvalue weighted by molar-refractivity contribution is -0.147. The summed E-state index contributed by atoms with van der Waals surface area (Å²) < 4.78 is 15.2. The zero-order chi connectivity index (χ0) is 17.1. The number of aromatic amines is 1. The van der Waals surface area contributed by atoms with E-state index in [9.17, 15) is 14.4 Å². The Kier molecular flexibility index (Phi) is 4.88. The Bertz CT molecular complexity index is 685. The van der Waals surface area contributed by atoms with Gasteiger partial charge in [0.15, 0.2) is 11.9 Å². The van der Waals surface area contributed by atoms with E-state index in [-0.39, 0.29) is 23.8 Å². The summed E-state index contributed by atoms with van der Waals surface area (Å²) in [5.41, 5.74) is 1.92. The Hall–Kier alpha value is -2.57. The summed E-state index contributed by atoms with van der Waals surface area (Å²) in [5.74, 6) is -1.38. The number of hydrogen-bond donors (Lipinski definition) is 1. The van der Waals surface area contributed by atoms with E-state index >= 15 is 0 Å². The molecule has 1 aliphatic heterocycles. The molecule has 1 atom stereocenters. The Morgan fingerprint density at radius 1 is 1.26 bits per heavy atom. The molecule has 0 amide bonds. The van der Waals surface area contributed by atoms with Gasteiger partial charge in [-0.05, 0) is 33.3 Å². The molecule has 124 valence electrons. The van der Waals surface area contributed by atoms with Crippen molar-refractivity contribution in [1.82, 2.24) is 4.98 Å². The highest BCUT2D eigenvalue weighted by Gasteiger charge is 2.27. The first kappa shape index (κ1) is 16.8. The van der Waals surface area contributed by atoms with Crippen LogP contribution in [-0.4, -0.2) is 41.8 Å². The second kappa shape index (κ2) is 6.68. The highest BCUT2D eigenvalue weighted by molar-refractivity contribution is 6.05. The van der Waals surface area contributed by atoms with Gasteiger partial charge in [-0.15, -0.1) is 0 Å². The summed E-state index contributed by atoms with van der Waals surface area (Å²) in [5, 5.41) is 0. The molecule has 0 spiro atoms. The van der Waals surface area contributed by atoms with E-state index in [0.29, 0.717) is 23.4 Å².